The van der Waals surface area contributed by atoms with Crippen LogP contribution in [-0.2, 0) is 16.1 Å². The zero-order valence-corrected chi connectivity index (χ0v) is 12.1. The number of hydrogen-bond acceptors (Lipinski definition) is 4. The van der Waals surface area contributed by atoms with Crippen LogP contribution in [0, 0.1) is 5.41 Å². The number of amides is 1. The first-order valence-electron chi connectivity index (χ1n) is 7.18. The van der Waals surface area contributed by atoms with E-state index in [-0.39, 0.29) is 11.3 Å². The van der Waals surface area contributed by atoms with E-state index in [1.807, 2.05) is 12.3 Å². The van der Waals surface area contributed by atoms with E-state index in [2.05, 4.69) is 15.7 Å². The average molecular weight is 280 g/mol. The summed E-state index contributed by atoms with van der Waals surface area (Å²) in [5.74, 6) is 0.0783. The molecule has 1 aliphatic rings. The first kappa shape index (κ1) is 15.0. The standard InChI is InChI=1S/C14H24N4O2/c1-20-12-14(4-7-15-8-5-14)11-16-13(19)3-10-18-9-2-6-17-18/h2,6,9,15H,3-5,7-8,10-12H2,1H3,(H,16,19). The SMILES string of the molecule is COCC1(CNC(=O)CCn2cccn2)CCNCC1. The third kappa shape index (κ3) is 4.31. The smallest absolute Gasteiger partial charge is 0.221 e. The second-order valence-corrected chi connectivity index (χ2v) is 5.48. The molecule has 0 saturated carbocycles. The molecule has 0 radical (unpaired) electrons. The highest BCUT2D eigenvalue weighted by Gasteiger charge is 2.32. The maximum atomic E-state index is 11.9. The molecule has 6 nitrogen and oxygen atoms in total. The number of rotatable bonds is 7. The van der Waals surface area contributed by atoms with Crippen molar-refractivity contribution in [3.63, 3.8) is 0 Å². The largest absolute Gasteiger partial charge is 0.384 e. The summed E-state index contributed by atoms with van der Waals surface area (Å²) >= 11 is 0. The second-order valence-electron chi connectivity index (χ2n) is 5.48. The third-order valence-electron chi connectivity index (χ3n) is 3.90. The van der Waals surface area contributed by atoms with E-state index in [0.717, 1.165) is 25.9 Å². The van der Waals surface area contributed by atoms with Crippen LogP contribution in [0.1, 0.15) is 19.3 Å². The summed E-state index contributed by atoms with van der Waals surface area (Å²) < 4.78 is 7.12. The van der Waals surface area contributed by atoms with Gasteiger partial charge in [0.2, 0.25) is 5.91 Å². The zero-order valence-electron chi connectivity index (χ0n) is 12.1. The van der Waals surface area contributed by atoms with Gasteiger partial charge < -0.3 is 15.4 Å². The molecule has 2 N–H and O–H groups in total. The van der Waals surface area contributed by atoms with Gasteiger partial charge in [0.15, 0.2) is 0 Å². The molecule has 2 rings (SSSR count). The number of carbonyl (C=O) groups is 1. The molecule has 20 heavy (non-hydrogen) atoms. The normalized spacial score (nSPS) is 17.9. The maximum Gasteiger partial charge on any atom is 0.221 e. The van der Waals surface area contributed by atoms with E-state index in [1.165, 1.54) is 0 Å². The molecule has 0 unspecified atom stereocenters. The fourth-order valence-electron chi connectivity index (χ4n) is 2.66. The summed E-state index contributed by atoms with van der Waals surface area (Å²) in [5, 5.41) is 10.5. The molecule has 0 spiro atoms. The highest BCUT2D eigenvalue weighted by Crippen LogP contribution is 2.28. The molecular formula is C14H24N4O2. The van der Waals surface area contributed by atoms with Gasteiger partial charge in [-0.3, -0.25) is 9.48 Å². The van der Waals surface area contributed by atoms with Crippen molar-refractivity contribution in [2.24, 2.45) is 5.41 Å². The number of aryl methyl sites for hydroxylation is 1. The Kier molecular flexibility index (Phi) is 5.55. The fourth-order valence-corrected chi connectivity index (χ4v) is 2.66. The van der Waals surface area contributed by atoms with Gasteiger partial charge in [0, 0.05) is 44.4 Å². The first-order valence-corrected chi connectivity index (χ1v) is 7.18. The minimum Gasteiger partial charge on any atom is -0.384 e. The van der Waals surface area contributed by atoms with E-state index in [4.69, 9.17) is 4.74 Å². The molecule has 112 valence electrons. The number of methoxy groups -OCH3 is 1. The molecule has 1 aromatic heterocycles. The van der Waals surface area contributed by atoms with Crippen molar-refractivity contribution in [3.05, 3.63) is 18.5 Å². The van der Waals surface area contributed by atoms with E-state index >= 15 is 0 Å². The van der Waals surface area contributed by atoms with Gasteiger partial charge in [-0.05, 0) is 32.0 Å². The minimum absolute atomic E-state index is 0.0783. The molecule has 1 aliphatic heterocycles. The topological polar surface area (TPSA) is 68.2 Å². The Bertz CT molecular complexity index is 394. The summed E-state index contributed by atoms with van der Waals surface area (Å²) in [5.41, 5.74) is 0.0847. The Morgan fingerprint density at radius 1 is 1.50 bits per heavy atom. The molecule has 2 heterocycles. The van der Waals surface area contributed by atoms with Crippen molar-refractivity contribution in [2.45, 2.75) is 25.8 Å². The predicted molar refractivity (Wildman–Crippen MR) is 76.3 cm³/mol. The number of nitrogens with zero attached hydrogens (tertiary/aromatic N) is 2. The van der Waals surface area contributed by atoms with Crippen molar-refractivity contribution >= 4 is 5.91 Å². The Hall–Kier alpha value is -1.40. The van der Waals surface area contributed by atoms with Gasteiger partial charge in [-0.1, -0.05) is 0 Å². The van der Waals surface area contributed by atoms with Crippen LogP contribution >= 0.6 is 0 Å². The lowest BCUT2D eigenvalue weighted by molar-refractivity contribution is -0.122. The predicted octanol–water partition coefficient (Wildman–Crippen LogP) is 0.406. The molecule has 1 fully saturated rings. The summed E-state index contributed by atoms with van der Waals surface area (Å²) in [7, 11) is 1.73. The van der Waals surface area contributed by atoms with Crippen molar-refractivity contribution in [2.75, 3.05) is 33.4 Å². The molecule has 0 aromatic carbocycles. The summed E-state index contributed by atoms with van der Waals surface area (Å²) in [6.45, 7) is 4.01. The van der Waals surface area contributed by atoms with Crippen LogP contribution in [-0.4, -0.2) is 49.0 Å². The van der Waals surface area contributed by atoms with Crippen LogP contribution in [0.2, 0.25) is 0 Å². The zero-order chi connectivity index (χ0) is 14.3. The second kappa shape index (κ2) is 7.40. The van der Waals surface area contributed by atoms with Crippen LogP contribution < -0.4 is 10.6 Å². The molecular weight excluding hydrogens is 256 g/mol. The highest BCUT2D eigenvalue weighted by atomic mass is 16.5. The highest BCUT2D eigenvalue weighted by molar-refractivity contribution is 5.75. The number of aromatic nitrogens is 2. The first-order chi connectivity index (χ1) is 9.74. The van der Waals surface area contributed by atoms with Crippen LogP contribution in [0.25, 0.3) is 0 Å². The molecule has 1 aromatic rings. The fraction of sp³-hybridized carbons (Fsp3) is 0.714. The van der Waals surface area contributed by atoms with E-state index in [9.17, 15) is 4.79 Å². The Labute approximate surface area is 119 Å². The Morgan fingerprint density at radius 3 is 2.95 bits per heavy atom. The monoisotopic (exact) mass is 280 g/mol. The van der Waals surface area contributed by atoms with Crippen molar-refractivity contribution in [3.8, 4) is 0 Å². The molecule has 0 aliphatic carbocycles. The van der Waals surface area contributed by atoms with Gasteiger partial charge in [-0.15, -0.1) is 0 Å². The van der Waals surface area contributed by atoms with Gasteiger partial charge in [0.05, 0.1) is 6.61 Å². The van der Waals surface area contributed by atoms with Crippen LogP contribution in [0.15, 0.2) is 18.5 Å². The van der Waals surface area contributed by atoms with Crippen molar-refractivity contribution < 1.29 is 9.53 Å². The molecule has 0 bridgehead atoms. The van der Waals surface area contributed by atoms with Crippen LogP contribution in [0.3, 0.4) is 0 Å². The molecule has 1 amide bonds. The summed E-state index contributed by atoms with van der Waals surface area (Å²) in [6, 6.07) is 1.86. The van der Waals surface area contributed by atoms with Gasteiger partial charge >= 0.3 is 0 Å². The van der Waals surface area contributed by atoms with Gasteiger partial charge in [-0.2, -0.15) is 5.10 Å². The Balaban J connectivity index is 1.75. The van der Waals surface area contributed by atoms with Gasteiger partial charge in [0.1, 0.15) is 0 Å². The van der Waals surface area contributed by atoms with Crippen molar-refractivity contribution in [1.29, 1.82) is 0 Å². The maximum absolute atomic E-state index is 11.9. The van der Waals surface area contributed by atoms with E-state index in [1.54, 1.807) is 18.0 Å². The number of hydrogen-bond donors (Lipinski definition) is 2. The summed E-state index contributed by atoms with van der Waals surface area (Å²) in [6.07, 6.45) is 6.14. The van der Waals surface area contributed by atoms with Gasteiger partial charge in [0.25, 0.3) is 0 Å². The van der Waals surface area contributed by atoms with E-state index in [0.29, 0.717) is 26.1 Å². The quantitative estimate of drug-likeness (QED) is 0.759. The molecule has 0 atom stereocenters. The molecule has 1 saturated heterocycles. The third-order valence-corrected chi connectivity index (χ3v) is 3.90. The van der Waals surface area contributed by atoms with Crippen LogP contribution in [0.4, 0.5) is 0 Å². The average Bonchev–Trinajstić information content (AvgIpc) is 2.98. The lowest BCUT2D eigenvalue weighted by atomic mass is 9.79. The van der Waals surface area contributed by atoms with Gasteiger partial charge in [-0.25, -0.2) is 0 Å². The number of nitrogens with one attached hydrogen (secondary N) is 2. The lowest BCUT2D eigenvalue weighted by Crippen LogP contribution is -2.47. The summed E-state index contributed by atoms with van der Waals surface area (Å²) in [4.78, 5) is 11.9. The lowest BCUT2D eigenvalue weighted by Gasteiger charge is -2.37. The number of piperidine rings is 1. The van der Waals surface area contributed by atoms with Crippen LogP contribution in [0.5, 0.6) is 0 Å². The van der Waals surface area contributed by atoms with Crippen molar-refractivity contribution in [1.82, 2.24) is 20.4 Å². The number of carbonyl (C=O) groups excluding carboxylic acids is 1. The van der Waals surface area contributed by atoms with E-state index < -0.39 is 0 Å². The minimum atomic E-state index is 0.0783. The number of ether oxygens (including phenoxy) is 1. The Morgan fingerprint density at radius 2 is 2.30 bits per heavy atom. The molecule has 6 heteroatoms.